The maximum atomic E-state index is 4.43. The van der Waals surface area contributed by atoms with E-state index in [9.17, 15) is 0 Å². The van der Waals surface area contributed by atoms with Crippen LogP contribution in [0.15, 0.2) is 6.20 Å². The van der Waals surface area contributed by atoms with Gasteiger partial charge < -0.3 is 5.32 Å². The molecule has 1 aromatic rings. The van der Waals surface area contributed by atoms with Crippen molar-refractivity contribution >= 4 is 0 Å². The topological polar surface area (TPSA) is 29.9 Å². The molecular formula is C15H27N3. The third-order valence-electron chi connectivity index (χ3n) is 4.72. The number of aryl methyl sites for hydroxylation is 2. The molecule has 1 aliphatic carbocycles. The second-order valence-corrected chi connectivity index (χ2v) is 6.01. The minimum absolute atomic E-state index is 0.405. The Kier molecular flexibility index (Phi) is 4.10. The molecule has 0 aromatic carbocycles. The zero-order chi connectivity index (χ0) is 13.2. The molecular weight excluding hydrogens is 222 g/mol. The summed E-state index contributed by atoms with van der Waals surface area (Å²) in [5.41, 5.74) is 3.04. The third-order valence-corrected chi connectivity index (χ3v) is 4.72. The van der Waals surface area contributed by atoms with Crippen molar-refractivity contribution < 1.29 is 0 Å². The molecule has 0 spiro atoms. The summed E-state index contributed by atoms with van der Waals surface area (Å²) in [6.07, 6.45) is 9.06. The van der Waals surface area contributed by atoms with E-state index in [1.165, 1.54) is 37.7 Å². The molecule has 1 N–H and O–H groups in total. The third kappa shape index (κ3) is 2.77. The van der Waals surface area contributed by atoms with Crippen LogP contribution in [0.25, 0.3) is 0 Å². The van der Waals surface area contributed by atoms with Crippen LogP contribution < -0.4 is 5.32 Å². The Morgan fingerprint density at radius 1 is 1.44 bits per heavy atom. The minimum atomic E-state index is 0.405. The van der Waals surface area contributed by atoms with Crippen LogP contribution in [0.3, 0.4) is 0 Å². The summed E-state index contributed by atoms with van der Waals surface area (Å²) in [7, 11) is 1.99. The van der Waals surface area contributed by atoms with E-state index in [1.54, 1.807) is 0 Å². The molecule has 1 atom stereocenters. The van der Waals surface area contributed by atoms with E-state index in [0.29, 0.717) is 11.5 Å². The van der Waals surface area contributed by atoms with Gasteiger partial charge in [-0.15, -0.1) is 0 Å². The average Bonchev–Trinajstić information content (AvgIpc) is 2.94. The summed E-state index contributed by atoms with van der Waals surface area (Å²) in [6, 6.07) is 0.405. The van der Waals surface area contributed by atoms with E-state index < -0.39 is 0 Å². The number of hydrogen-bond donors (Lipinski definition) is 1. The highest BCUT2D eigenvalue weighted by Crippen LogP contribution is 2.40. The predicted octanol–water partition coefficient (Wildman–Crippen LogP) is 3.35. The second-order valence-electron chi connectivity index (χ2n) is 6.01. The largest absolute Gasteiger partial charge is 0.310 e. The van der Waals surface area contributed by atoms with Crippen molar-refractivity contribution in [1.82, 2.24) is 15.1 Å². The minimum Gasteiger partial charge on any atom is -0.310 e. The maximum absolute atomic E-state index is 4.43. The average molecular weight is 249 g/mol. The van der Waals surface area contributed by atoms with Crippen LogP contribution in [0.2, 0.25) is 0 Å². The summed E-state index contributed by atoms with van der Waals surface area (Å²) in [4.78, 5) is 0. The number of rotatable bonds is 5. The van der Waals surface area contributed by atoms with Crippen molar-refractivity contribution in [2.24, 2.45) is 12.5 Å². The lowest BCUT2D eigenvalue weighted by Gasteiger charge is -2.29. The second kappa shape index (κ2) is 5.43. The first kappa shape index (κ1) is 13.6. The van der Waals surface area contributed by atoms with Gasteiger partial charge in [0.05, 0.1) is 5.69 Å². The predicted molar refractivity (Wildman–Crippen MR) is 75.6 cm³/mol. The van der Waals surface area contributed by atoms with Gasteiger partial charge in [-0.05, 0) is 38.5 Å². The van der Waals surface area contributed by atoms with Gasteiger partial charge in [-0.3, -0.25) is 4.68 Å². The van der Waals surface area contributed by atoms with E-state index >= 15 is 0 Å². The maximum Gasteiger partial charge on any atom is 0.0641 e. The van der Waals surface area contributed by atoms with E-state index in [4.69, 9.17) is 0 Å². The summed E-state index contributed by atoms with van der Waals surface area (Å²) in [5, 5.41) is 8.16. The molecule has 0 radical (unpaired) electrons. The van der Waals surface area contributed by atoms with Crippen LogP contribution in [-0.2, 0) is 7.05 Å². The van der Waals surface area contributed by atoms with Gasteiger partial charge in [-0.2, -0.15) is 5.10 Å². The fourth-order valence-electron chi connectivity index (χ4n) is 3.30. The first-order valence-electron chi connectivity index (χ1n) is 7.30. The quantitative estimate of drug-likeness (QED) is 0.867. The highest BCUT2D eigenvalue weighted by Gasteiger charge is 2.32. The molecule has 1 saturated carbocycles. The molecule has 1 aliphatic rings. The van der Waals surface area contributed by atoms with Crippen LogP contribution in [0.1, 0.15) is 63.3 Å². The molecule has 0 bridgehead atoms. The van der Waals surface area contributed by atoms with Crippen LogP contribution in [-0.4, -0.2) is 16.3 Å². The summed E-state index contributed by atoms with van der Waals surface area (Å²) < 4.78 is 1.91. The van der Waals surface area contributed by atoms with Crippen LogP contribution in [0, 0.1) is 12.3 Å². The first-order valence-corrected chi connectivity index (χ1v) is 7.30. The monoisotopic (exact) mass is 249 g/mol. The lowest BCUT2D eigenvalue weighted by molar-refractivity contribution is 0.258. The lowest BCUT2D eigenvalue weighted by Crippen LogP contribution is -2.33. The van der Waals surface area contributed by atoms with Crippen LogP contribution >= 0.6 is 0 Å². The molecule has 1 fully saturated rings. The molecule has 3 nitrogen and oxygen atoms in total. The zero-order valence-corrected chi connectivity index (χ0v) is 12.3. The van der Waals surface area contributed by atoms with Gasteiger partial charge in [0.15, 0.2) is 0 Å². The number of hydrogen-bond acceptors (Lipinski definition) is 2. The van der Waals surface area contributed by atoms with Gasteiger partial charge in [-0.25, -0.2) is 0 Å². The molecule has 1 heterocycles. The molecule has 18 heavy (non-hydrogen) atoms. The van der Waals surface area contributed by atoms with Crippen molar-refractivity contribution in [2.75, 3.05) is 6.54 Å². The molecule has 0 aliphatic heterocycles. The van der Waals surface area contributed by atoms with Gasteiger partial charge in [0, 0.05) is 31.4 Å². The van der Waals surface area contributed by atoms with E-state index in [2.05, 4.69) is 37.4 Å². The Hall–Kier alpha value is -0.830. The molecule has 1 aromatic heterocycles. The summed E-state index contributed by atoms with van der Waals surface area (Å²) in [5.74, 6) is 0. The van der Waals surface area contributed by atoms with Crippen LogP contribution in [0.4, 0.5) is 0 Å². The van der Waals surface area contributed by atoms with Crippen molar-refractivity contribution in [2.45, 2.75) is 58.9 Å². The Morgan fingerprint density at radius 2 is 2.11 bits per heavy atom. The van der Waals surface area contributed by atoms with Gasteiger partial charge in [0.1, 0.15) is 0 Å². The summed E-state index contributed by atoms with van der Waals surface area (Å²) in [6.45, 7) is 7.84. The normalized spacial score (nSPS) is 20.2. The standard InChI is InChI=1S/C15H27N3/c1-5-15(8-6-7-9-15)11-16-12(2)14-10-18(4)17-13(14)3/h10,12,16H,5-9,11H2,1-4H3. The smallest absolute Gasteiger partial charge is 0.0641 e. The fraction of sp³-hybridized carbons (Fsp3) is 0.800. The van der Waals surface area contributed by atoms with Crippen molar-refractivity contribution in [3.05, 3.63) is 17.5 Å². The Labute approximate surface area is 111 Å². The highest BCUT2D eigenvalue weighted by atomic mass is 15.3. The van der Waals surface area contributed by atoms with Crippen molar-refractivity contribution in [3.8, 4) is 0 Å². The Balaban J connectivity index is 1.95. The fourth-order valence-corrected chi connectivity index (χ4v) is 3.30. The van der Waals surface area contributed by atoms with Crippen molar-refractivity contribution in [1.29, 1.82) is 0 Å². The van der Waals surface area contributed by atoms with Gasteiger partial charge in [-0.1, -0.05) is 19.8 Å². The molecule has 3 heteroatoms. The van der Waals surface area contributed by atoms with Crippen molar-refractivity contribution in [3.63, 3.8) is 0 Å². The van der Waals surface area contributed by atoms with E-state index in [1.807, 2.05) is 11.7 Å². The van der Waals surface area contributed by atoms with Crippen LogP contribution in [0.5, 0.6) is 0 Å². The van der Waals surface area contributed by atoms with Gasteiger partial charge >= 0.3 is 0 Å². The Morgan fingerprint density at radius 3 is 2.61 bits per heavy atom. The SMILES string of the molecule is CCC1(CNC(C)c2cn(C)nc2C)CCCC1. The molecule has 1 unspecified atom stereocenters. The molecule has 102 valence electrons. The number of nitrogens with one attached hydrogen (secondary N) is 1. The summed E-state index contributed by atoms with van der Waals surface area (Å²) >= 11 is 0. The van der Waals surface area contributed by atoms with Gasteiger partial charge in [0.2, 0.25) is 0 Å². The lowest BCUT2D eigenvalue weighted by atomic mass is 9.83. The van der Waals surface area contributed by atoms with E-state index in [0.717, 1.165) is 12.2 Å². The Bertz CT molecular complexity index is 388. The number of aromatic nitrogens is 2. The number of nitrogens with zero attached hydrogens (tertiary/aromatic N) is 2. The molecule has 0 amide bonds. The first-order chi connectivity index (χ1) is 8.56. The molecule has 0 saturated heterocycles. The van der Waals surface area contributed by atoms with Gasteiger partial charge in [0.25, 0.3) is 0 Å². The van der Waals surface area contributed by atoms with E-state index in [-0.39, 0.29) is 0 Å². The zero-order valence-electron chi connectivity index (χ0n) is 12.3. The molecule has 2 rings (SSSR count). The highest BCUT2D eigenvalue weighted by molar-refractivity contribution is 5.19.